The number of aromatic nitrogens is 2. The first-order valence-electron chi connectivity index (χ1n) is 9.52. The number of fused-ring (bicyclic) bond motifs is 1. The van der Waals surface area contributed by atoms with E-state index in [1.54, 1.807) is 13.8 Å². The Morgan fingerprint density at radius 2 is 2.04 bits per heavy atom. The first-order chi connectivity index (χ1) is 13.4. The Labute approximate surface area is 171 Å². The van der Waals surface area contributed by atoms with Crippen molar-refractivity contribution in [2.45, 2.75) is 45.3 Å². The molecule has 1 atom stereocenters. The molecule has 3 rings (SSSR count). The van der Waals surface area contributed by atoms with Crippen molar-refractivity contribution in [2.75, 3.05) is 25.4 Å². The molecule has 0 aromatic carbocycles. The third-order valence-electron chi connectivity index (χ3n) is 4.83. The van der Waals surface area contributed by atoms with E-state index in [-0.39, 0.29) is 23.3 Å². The highest BCUT2D eigenvalue weighted by atomic mass is 32.2. The summed E-state index contributed by atoms with van der Waals surface area (Å²) in [5, 5.41) is 0.290. The number of hydrogen-bond acceptors (Lipinski definition) is 7. The molecule has 1 saturated heterocycles. The molecular formula is C19H25N3O4S2. The van der Waals surface area contributed by atoms with Crippen LogP contribution in [0, 0.1) is 6.92 Å². The number of nitrogens with one attached hydrogen (secondary N) is 1. The zero-order valence-corrected chi connectivity index (χ0v) is 18.0. The molecule has 0 unspecified atom stereocenters. The Bertz CT molecular complexity index is 931. The predicted molar refractivity (Wildman–Crippen MR) is 112 cm³/mol. The number of nitrogens with zero attached hydrogens (tertiary/aromatic N) is 2. The number of hydrogen-bond donors (Lipinski definition) is 1. The molecule has 28 heavy (non-hydrogen) atoms. The van der Waals surface area contributed by atoms with Crippen molar-refractivity contribution in [1.82, 2.24) is 14.9 Å². The summed E-state index contributed by atoms with van der Waals surface area (Å²) in [5.74, 6) is 0.584. The number of H-pyrrole nitrogens is 1. The van der Waals surface area contributed by atoms with Gasteiger partial charge in [-0.05, 0) is 45.6 Å². The fourth-order valence-electron chi connectivity index (χ4n) is 3.25. The predicted octanol–water partition coefficient (Wildman–Crippen LogP) is 3.28. The van der Waals surface area contributed by atoms with Crippen LogP contribution in [0.3, 0.4) is 0 Å². The van der Waals surface area contributed by atoms with Crippen LogP contribution in [-0.2, 0) is 9.53 Å². The molecule has 1 fully saturated rings. The van der Waals surface area contributed by atoms with Crippen molar-refractivity contribution in [2.24, 2.45) is 0 Å². The quantitative estimate of drug-likeness (QED) is 0.717. The average molecular weight is 424 g/mol. The summed E-state index contributed by atoms with van der Waals surface area (Å²) < 4.78 is 5.06. The number of carbonyl (C=O) groups is 2. The van der Waals surface area contributed by atoms with Gasteiger partial charge in [0.2, 0.25) is 5.91 Å². The van der Waals surface area contributed by atoms with Gasteiger partial charge in [-0.25, -0.2) is 9.78 Å². The third kappa shape index (κ3) is 4.41. The van der Waals surface area contributed by atoms with E-state index < -0.39 is 5.97 Å². The largest absolute Gasteiger partial charge is 0.462 e. The second-order valence-electron chi connectivity index (χ2n) is 6.80. The minimum atomic E-state index is -0.432. The highest BCUT2D eigenvalue weighted by molar-refractivity contribution is 8.00. The Balaban J connectivity index is 1.76. The van der Waals surface area contributed by atoms with Gasteiger partial charge < -0.3 is 14.6 Å². The molecule has 0 saturated carbocycles. The van der Waals surface area contributed by atoms with Crippen LogP contribution < -0.4 is 5.56 Å². The molecule has 0 radical (unpaired) electrons. The van der Waals surface area contributed by atoms with Crippen LogP contribution in [0.4, 0.5) is 0 Å². The molecule has 1 aliphatic rings. The maximum absolute atomic E-state index is 12.6. The van der Waals surface area contributed by atoms with Crippen LogP contribution in [0.25, 0.3) is 10.2 Å². The lowest BCUT2D eigenvalue weighted by Gasteiger charge is -2.26. The SMILES string of the molecule is CCOC(=O)c1sc2nc([C@@H](C)SCC(=O)N3CCCCC3)[nH]c(=O)c2c1C. The Kier molecular flexibility index (Phi) is 6.77. The molecule has 152 valence electrons. The Hall–Kier alpha value is -1.87. The Morgan fingerprint density at radius 3 is 2.71 bits per heavy atom. The molecule has 0 aliphatic carbocycles. The van der Waals surface area contributed by atoms with E-state index in [0.717, 1.165) is 25.9 Å². The first kappa shape index (κ1) is 20.9. The molecule has 1 amide bonds. The van der Waals surface area contributed by atoms with E-state index >= 15 is 0 Å². The molecule has 7 nitrogen and oxygen atoms in total. The van der Waals surface area contributed by atoms with Gasteiger partial charge in [0.15, 0.2) is 0 Å². The zero-order valence-electron chi connectivity index (χ0n) is 16.4. The maximum atomic E-state index is 12.6. The van der Waals surface area contributed by atoms with E-state index in [1.807, 2.05) is 11.8 Å². The number of thioether (sulfide) groups is 1. The van der Waals surface area contributed by atoms with Crippen molar-refractivity contribution < 1.29 is 14.3 Å². The second kappa shape index (κ2) is 9.09. The summed E-state index contributed by atoms with van der Waals surface area (Å²) in [6.07, 6.45) is 3.32. The standard InChI is InChI=1S/C19H25N3O4S2/c1-4-26-19(25)15-11(2)14-17(24)20-16(21-18(14)28-15)12(3)27-10-13(23)22-8-6-5-7-9-22/h12H,4-10H2,1-3H3,(H,20,21,24)/t12-/m1/s1. The van der Waals surface area contributed by atoms with E-state index in [9.17, 15) is 14.4 Å². The van der Waals surface area contributed by atoms with Crippen LogP contribution in [0.15, 0.2) is 4.79 Å². The lowest BCUT2D eigenvalue weighted by molar-refractivity contribution is -0.129. The van der Waals surface area contributed by atoms with Crippen molar-refractivity contribution >= 4 is 45.2 Å². The molecule has 1 aliphatic heterocycles. The lowest BCUT2D eigenvalue weighted by atomic mass is 10.1. The van der Waals surface area contributed by atoms with Crippen LogP contribution >= 0.6 is 23.1 Å². The van der Waals surface area contributed by atoms with Crippen LogP contribution in [0.5, 0.6) is 0 Å². The Morgan fingerprint density at radius 1 is 1.32 bits per heavy atom. The molecule has 2 aromatic rings. The number of piperidine rings is 1. The number of aryl methyl sites for hydroxylation is 1. The molecule has 0 spiro atoms. The van der Waals surface area contributed by atoms with E-state index in [1.165, 1.54) is 29.5 Å². The summed E-state index contributed by atoms with van der Waals surface area (Å²) in [5.41, 5.74) is 0.332. The van der Waals surface area contributed by atoms with Gasteiger partial charge in [0.1, 0.15) is 15.5 Å². The summed E-state index contributed by atoms with van der Waals surface area (Å²) in [4.78, 5) is 47.3. The molecule has 1 N–H and O–H groups in total. The molecule has 2 aromatic heterocycles. The van der Waals surface area contributed by atoms with Gasteiger partial charge in [-0.1, -0.05) is 0 Å². The topological polar surface area (TPSA) is 92.4 Å². The number of carbonyl (C=O) groups excluding carboxylic acids is 2. The normalized spacial score (nSPS) is 15.6. The summed E-state index contributed by atoms with van der Waals surface area (Å²) in [7, 11) is 0. The van der Waals surface area contributed by atoms with Crippen molar-refractivity contribution in [1.29, 1.82) is 0 Å². The van der Waals surface area contributed by atoms with E-state index in [2.05, 4.69) is 9.97 Å². The average Bonchev–Trinajstić information content (AvgIpc) is 3.03. The fourth-order valence-corrected chi connectivity index (χ4v) is 5.18. The molecule has 9 heteroatoms. The summed E-state index contributed by atoms with van der Waals surface area (Å²) in [6, 6.07) is 0. The summed E-state index contributed by atoms with van der Waals surface area (Å²) >= 11 is 2.64. The number of esters is 1. The molecular weight excluding hydrogens is 398 g/mol. The van der Waals surface area contributed by atoms with Gasteiger partial charge in [-0.3, -0.25) is 9.59 Å². The van der Waals surface area contributed by atoms with E-state index in [4.69, 9.17) is 4.74 Å². The highest BCUT2D eigenvalue weighted by Crippen LogP contribution is 2.31. The zero-order chi connectivity index (χ0) is 20.3. The summed E-state index contributed by atoms with van der Waals surface area (Å²) in [6.45, 7) is 7.34. The van der Waals surface area contributed by atoms with Gasteiger partial charge in [-0.15, -0.1) is 23.1 Å². The minimum Gasteiger partial charge on any atom is -0.462 e. The van der Waals surface area contributed by atoms with Gasteiger partial charge in [-0.2, -0.15) is 0 Å². The second-order valence-corrected chi connectivity index (χ2v) is 9.13. The number of thiophene rings is 1. The van der Waals surface area contributed by atoms with Crippen LogP contribution in [0.1, 0.15) is 59.4 Å². The smallest absolute Gasteiger partial charge is 0.348 e. The maximum Gasteiger partial charge on any atom is 0.348 e. The van der Waals surface area contributed by atoms with Crippen molar-refractivity contribution in [3.05, 3.63) is 26.6 Å². The number of amides is 1. The third-order valence-corrected chi connectivity index (χ3v) is 7.13. The number of likely N-dealkylation sites (tertiary alicyclic amines) is 1. The highest BCUT2D eigenvalue weighted by Gasteiger charge is 2.22. The van der Waals surface area contributed by atoms with Gasteiger partial charge >= 0.3 is 5.97 Å². The van der Waals surface area contributed by atoms with Crippen molar-refractivity contribution in [3.63, 3.8) is 0 Å². The van der Waals surface area contributed by atoms with Crippen LogP contribution in [0.2, 0.25) is 0 Å². The van der Waals surface area contributed by atoms with Gasteiger partial charge in [0, 0.05) is 13.1 Å². The number of rotatable bonds is 6. The first-order valence-corrected chi connectivity index (χ1v) is 11.4. The van der Waals surface area contributed by atoms with Gasteiger partial charge in [0.25, 0.3) is 5.56 Å². The van der Waals surface area contributed by atoms with Crippen molar-refractivity contribution in [3.8, 4) is 0 Å². The number of aromatic amines is 1. The number of ether oxygens (including phenoxy) is 1. The van der Waals surface area contributed by atoms with Gasteiger partial charge in [0.05, 0.1) is 23.0 Å². The van der Waals surface area contributed by atoms with Crippen LogP contribution in [-0.4, -0.2) is 52.2 Å². The van der Waals surface area contributed by atoms with E-state index in [0.29, 0.717) is 32.2 Å². The molecule has 3 heterocycles. The lowest BCUT2D eigenvalue weighted by Crippen LogP contribution is -2.36. The monoisotopic (exact) mass is 423 g/mol. The molecule has 0 bridgehead atoms. The minimum absolute atomic E-state index is 0.136. The fraction of sp³-hybridized carbons (Fsp3) is 0.579.